The van der Waals surface area contributed by atoms with Crippen LogP contribution in [0.25, 0.3) is 22.4 Å². The molecule has 2 heterocycles. The third-order valence-corrected chi connectivity index (χ3v) is 3.94. The van der Waals surface area contributed by atoms with Crippen LogP contribution in [0.4, 0.5) is 5.82 Å². The molecule has 100 valence electrons. The zero-order valence-electron chi connectivity index (χ0n) is 11.1. The molecule has 0 amide bonds. The summed E-state index contributed by atoms with van der Waals surface area (Å²) in [4.78, 5) is 9.20. The fraction of sp³-hybridized carbons (Fsp3) is 0.250. The lowest BCUT2D eigenvalue weighted by Crippen LogP contribution is -2.11. The molecule has 3 aromatic rings. The summed E-state index contributed by atoms with van der Waals surface area (Å²) in [5, 5.41) is 1.03. The second-order valence-corrected chi connectivity index (χ2v) is 5.21. The number of anilines is 1. The Kier molecular flexibility index (Phi) is 2.49. The van der Waals surface area contributed by atoms with Crippen LogP contribution in [0.1, 0.15) is 24.1 Å². The van der Waals surface area contributed by atoms with E-state index in [1.54, 1.807) is 6.26 Å². The number of para-hydroxylation sites is 1. The Morgan fingerprint density at radius 3 is 2.85 bits per heavy atom. The molecule has 20 heavy (non-hydrogen) atoms. The van der Waals surface area contributed by atoms with Crippen molar-refractivity contribution in [2.75, 3.05) is 5.73 Å². The Morgan fingerprint density at radius 1 is 1.05 bits per heavy atom. The molecule has 2 N–H and O–H groups in total. The molecule has 0 atom stereocenters. The highest BCUT2D eigenvalue weighted by Crippen LogP contribution is 2.31. The van der Waals surface area contributed by atoms with Gasteiger partial charge in [-0.15, -0.1) is 0 Å². The maximum Gasteiger partial charge on any atom is 0.165 e. The van der Waals surface area contributed by atoms with Gasteiger partial charge in [0.15, 0.2) is 5.82 Å². The van der Waals surface area contributed by atoms with E-state index in [0.717, 1.165) is 40.6 Å². The number of hydrogen-bond donors (Lipinski definition) is 1. The van der Waals surface area contributed by atoms with E-state index in [-0.39, 0.29) is 0 Å². The van der Waals surface area contributed by atoms with Crippen molar-refractivity contribution in [1.82, 2.24) is 9.97 Å². The number of rotatable bonds is 1. The van der Waals surface area contributed by atoms with E-state index in [9.17, 15) is 0 Å². The lowest BCUT2D eigenvalue weighted by Gasteiger charge is -2.16. The van der Waals surface area contributed by atoms with Crippen molar-refractivity contribution in [2.24, 2.45) is 0 Å². The monoisotopic (exact) mass is 265 g/mol. The molecule has 0 spiro atoms. The van der Waals surface area contributed by atoms with Gasteiger partial charge in [-0.1, -0.05) is 18.2 Å². The first kappa shape index (κ1) is 11.5. The molecule has 0 bridgehead atoms. The number of nitrogens with two attached hydrogens (primary N) is 1. The van der Waals surface area contributed by atoms with E-state index in [4.69, 9.17) is 15.1 Å². The van der Waals surface area contributed by atoms with Crippen LogP contribution >= 0.6 is 0 Å². The Morgan fingerprint density at radius 2 is 1.90 bits per heavy atom. The number of benzene rings is 1. The van der Waals surface area contributed by atoms with Crippen LogP contribution in [0.2, 0.25) is 0 Å². The molecular weight excluding hydrogens is 250 g/mol. The highest BCUT2D eigenvalue weighted by atomic mass is 16.3. The minimum absolute atomic E-state index is 0.620. The number of aromatic nitrogens is 2. The van der Waals surface area contributed by atoms with Gasteiger partial charge in [-0.3, -0.25) is 0 Å². The fourth-order valence-electron chi connectivity index (χ4n) is 2.89. The molecule has 4 heteroatoms. The van der Waals surface area contributed by atoms with Gasteiger partial charge in [-0.2, -0.15) is 0 Å². The Balaban J connectivity index is 1.92. The average Bonchev–Trinajstić information content (AvgIpc) is 2.91. The number of hydrogen-bond acceptors (Lipinski definition) is 4. The minimum Gasteiger partial charge on any atom is -0.464 e. The van der Waals surface area contributed by atoms with Crippen LogP contribution in [0.3, 0.4) is 0 Å². The lowest BCUT2D eigenvalue weighted by atomic mass is 9.96. The largest absolute Gasteiger partial charge is 0.464 e. The number of fused-ring (bicyclic) bond motifs is 2. The van der Waals surface area contributed by atoms with E-state index >= 15 is 0 Å². The molecule has 0 radical (unpaired) electrons. The quantitative estimate of drug-likeness (QED) is 0.732. The number of aryl methyl sites for hydroxylation is 1. The summed E-state index contributed by atoms with van der Waals surface area (Å²) in [5.74, 6) is 1.29. The van der Waals surface area contributed by atoms with Gasteiger partial charge >= 0.3 is 0 Å². The molecule has 0 unspecified atom stereocenters. The second kappa shape index (κ2) is 4.34. The summed E-state index contributed by atoms with van der Waals surface area (Å²) in [7, 11) is 0. The van der Waals surface area contributed by atoms with Crippen molar-refractivity contribution < 1.29 is 4.42 Å². The van der Waals surface area contributed by atoms with E-state index in [0.29, 0.717) is 11.6 Å². The minimum atomic E-state index is 0.620. The Hall–Kier alpha value is -2.36. The summed E-state index contributed by atoms with van der Waals surface area (Å²) in [6, 6.07) is 7.91. The topological polar surface area (TPSA) is 64.9 Å². The van der Waals surface area contributed by atoms with Crippen LogP contribution in [0.15, 0.2) is 34.9 Å². The lowest BCUT2D eigenvalue weighted by molar-refractivity contribution is 0.616. The van der Waals surface area contributed by atoms with E-state index in [2.05, 4.69) is 4.98 Å². The van der Waals surface area contributed by atoms with Crippen molar-refractivity contribution in [1.29, 1.82) is 0 Å². The summed E-state index contributed by atoms with van der Waals surface area (Å²) in [6.45, 7) is 0. The van der Waals surface area contributed by atoms with Crippen LogP contribution < -0.4 is 5.73 Å². The molecular formula is C16H15N3O. The summed E-state index contributed by atoms with van der Waals surface area (Å²) in [6.07, 6.45) is 6.05. The number of nitrogens with zero attached hydrogens (tertiary/aromatic N) is 2. The Labute approximate surface area is 116 Å². The Bertz CT molecular complexity index is 792. The van der Waals surface area contributed by atoms with Crippen molar-refractivity contribution in [3.05, 3.63) is 41.8 Å². The normalized spacial score (nSPS) is 14.4. The first-order chi connectivity index (χ1) is 9.83. The van der Waals surface area contributed by atoms with Gasteiger partial charge in [-0.05, 0) is 31.7 Å². The van der Waals surface area contributed by atoms with Crippen LogP contribution in [-0.2, 0) is 12.8 Å². The molecule has 0 saturated carbocycles. The standard InChI is InChI=1S/C16H15N3O/c17-15-11-6-1-3-7-13(11)18-16(19-15)12-9-20-14-8-4-2-5-10(12)14/h2,4-5,8-9H,1,3,6-7H2,(H2,17,18,19). The predicted octanol–water partition coefficient (Wildman–Crippen LogP) is 3.35. The zero-order chi connectivity index (χ0) is 13.5. The molecule has 0 fully saturated rings. The molecule has 2 aromatic heterocycles. The maximum atomic E-state index is 6.11. The average molecular weight is 265 g/mol. The van der Waals surface area contributed by atoms with E-state index in [1.807, 2.05) is 24.3 Å². The number of nitrogen functional groups attached to an aromatic ring is 1. The van der Waals surface area contributed by atoms with Gasteiger partial charge in [0.05, 0.1) is 5.56 Å². The molecule has 4 rings (SSSR count). The van der Waals surface area contributed by atoms with Gasteiger partial charge in [-0.25, -0.2) is 9.97 Å². The molecule has 1 aromatic carbocycles. The van der Waals surface area contributed by atoms with Gasteiger partial charge < -0.3 is 10.2 Å². The molecule has 4 nitrogen and oxygen atoms in total. The van der Waals surface area contributed by atoms with Gasteiger partial charge in [0.25, 0.3) is 0 Å². The predicted molar refractivity (Wildman–Crippen MR) is 78.3 cm³/mol. The van der Waals surface area contributed by atoms with E-state index in [1.165, 1.54) is 12.8 Å². The highest BCUT2D eigenvalue weighted by Gasteiger charge is 2.18. The smallest absolute Gasteiger partial charge is 0.165 e. The van der Waals surface area contributed by atoms with Crippen molar-refractivity contribution in [3.63, 3.8) is 0 Å². The van der Waals surface area contributed by atoms with Gasteiger partial charge in [0, 0.05) is 16.6 Å². The van der Waals surface area contributed by atoms with Crippen LogP contribution in [-0.4, -0.2) is 9.97 Å². The summed E-state index contributed by atoms with van der Waals surface area (Å²) in [5.41, 5.74) is 10.1. The zero-order valence-corrected chi connectivity index (χ0v) is 11.1. The fourth-order valence-corrected chi connectivity index (χ4v) is 2.89. The first-order valence-electron chi connectivity index (χ1n) is 6.95. The van der Waals surface area contributed by atoms with Crippen molar-refractivity contribution >= 4 is 16.8 Å². The van der Waals surface area contributed by atoms with Gasteiger partial charge in [0.1, 0.15) is 17.7 Å². The van der Waals surface area contributed by atoms with Crippen LogP contribution in [0, 0.1) is 0 Å². The molecule has 0 saturated heterocycles. The van der Waals surface area contributed by atoms with Gasteiger partial charge in [0.2, 0.25) is 0 Å². The van der Waals surface area contributed by atoms with Crippen LogP contribution in [0.5, 0.6) is 0 Å². The highest BCUT2D eigenvalue weighted by molar-refractivity contribution is 5.92. The second-order valence-electron chi connectivity index (χ2n) is 5.21. The molecule has 0 aliphatic heterocycles. The third kappa shape index (κ3) is 1.68. The molecule has 1 aliphatic rings. The molecule has 1 aliphatic carbocycles. The van der Waals surface area contributed by atoms with Crippen molar-refractivity contribution in [2.45, 2.75) is 25.7 Å². The first-order valence-corrected chi connectivity index (χ1v) is 6.95. The summed E-state index contributed by atoms with van der Waals surface area (Å²) < 4.78 is 5.57. The third-order valence-electron chi connectivity index (χ3n) is 3.94. The maximum absolute atomic E-state index is 6.11. The summed E-state index contributed by atoms with van der Waals surface area (Å²) >= 11 is 0. The SMILES string of the molecule is Nc1nc(-c2coc3ccccc23)nc2c1CCCC2. The number of furan rings is 1. The van der Waals surface area contributed by atoms with Crippen molar-refractivity contribution in [3.8, 4) is 11.4 Å². The van der Waals surface area contributed by atoms with E-state index < -0.39 is 0 Å².